The van der Waals surface area contributed by atoms with Crippen molar-refractivity contribution in [3.63, 3.8) is 0 Å². The van der Waals surface area contributed by atoms with Gasteiger partial charge in [0.1, 0.15) is 11.2 Å². The molecule has 144 valence electrons. The smallest absolute Gasteiger partial charge is 0.270 e. The van der Waals surface area contributed by atoms with Gasteiger partial charge in [-0.15, -0.1) is 0 Å². The number of fused-ring (bicyclic) bond motifs is 1. The van der Waals surface area contributed by atoms with Crippen LogP contribution < -0.4 is 10.2 Å². The van der Waals surface area contributed by atoms with E-state index in [0.717, 1.165) is 35.6 Å². The molecule has 1 atom stereocenters. The van der Waals surface area contributed by atoms with Crippen molar-refractivity contribution in [2.75, 3.05) is 18.0 Å². The van der Waals surface area contributed by atoms with Crippen molar-refractivity contribution in [2.24, 2.45) is 0 Å². The van der Waals surface area contributed by atoms with Crippen molar-refractivity contribution in [3.05, 3.63) is 78.9 Å². The van der Waals surface area contributed by atoms with Gasteiger partial charge < -0.3 is 10.2 Å². The molecule has 1 aromatic carbocycles. The number of rotatable bonds is 4. The molecular weight excluding hydrogens is 364 g/mol. The van der Waals surface area contributed by atoms with E-state index in [9.17, 15) is 4.79 Å². The van der Waals surface area contributed by atoms with E-state index in [1.807, 2.05) is 47.1 Å². The fourth-order valence-corrected chi connectivity index (χ4v) is 3.73. The quantitative estimate of drug-likeness (QED) is 0.586. The van der Waals surface area contributed by atoms with Crippen LogP contribution in [-0.2, 0) is 0 Å². The fourth-order valence-electron chi connectivity index (χ4n) is 3.73. The third-order valence-corrected chi connectivity index (χ3v) is 5.16. The first-order valence-corrected chi connectivity index (χ1v) is 9.64. The molecule has 0 aliphatic carbocycles. The van der Waals surface area contributed by atoms with Gasteiger partial charge in [-0.05, 0) is 24.6 Å². The molecule has 7 nitrogen and oxygen atoms in total. The lowest BCUT2D eigenvalue weighted by Gasteiger charge is -2.18. The molecule has 4 aromatic rings. The van der Waals surface area contributed by atoms with E-state index in [0.29, 0.717) is 12.2 Å². The first kappa shape index (κ1) is 17.4. The van der Waals surface area contributed by atoms with Crippen molar-refractivity contribution < 1.29 is 4.79 Å². The Morgan fingerprint density at radius 3 is 2.72 bits per heavy atom. The van der Waals surface area contributed by atoms with Gasteiger partial charge in [0.25, 0.3) is 5.91 Å². The summed E-state index contributed by atoms with van der Waals surface area (Å²) in [5.41, 5.74) is 3.39. The van der Waals surface area contributed by atoms with Gasteiger partial charge in [-0.2, -0.15) is 5.10 Å². The van der Waals surface area contributed by atoms with Crippen LogP contribution in [0.2, 0.25) is 0 Å². The zero-order valence-corrected chi connectivity index (χ0v) is 15.8. The summed E-state index contributed by atoms with van der Waals surface area (Å²) in [5.74, 6) is 0.746. The maximum atomic E-state index is 12.4. The van der Waals surface area contributed by atoms with E-state index in [1.165, 1.54) is 0 Å². The Morgan fingerprint density at radius 1 is 1.03 bits per heavy atom. The average molecular weight is 384 g/mol. The molecule has 0 bridgehead atoms. The Kier molecular flexibility index (Phi) is 4.40. The normalized spacial score (nSPS) is 16.3. The number of nitrogens with zero attached hydrogens (tertiary/aromatic N) is 5. The minimum atomic E-state index is -0.140. The van der Waals surface area contributed by atoms with Gasteiger partial charge in [-0.3, -0.25) is 9.78 Å². The third kappa shape index (κ3) is 3.42. The molecule has 5 rings (SSSR count). The Bertz CT molecular complexity index is 1140. The van der Waals surface area contributed by atoms with E-state index in [2.05, 4.69) is 26.3 Å². The number of nitrogens with one attached hydrogen (secondary N) is 1. The minimum Gasteiger partial charge on any atom is -0.353 e. The topological polar surface area (TPSA) is 75.4 Å². The summed E-state index contributed by atoms with van der Waals surface area (Å²) in [6, 6.07) is 17.6. The van der Waals surface area contributed by atoms with Crippen LogP contribution in [0.5, 0.6) is 0 Å². The van der Waals surface area contributed by atoms with E-state index < -0.39 is 0 Å². The molecular formula is C22H20N6O. The van der Waals surface area contributed by atoms with Crippen molar-refractivity contribution in [2.45, 2.75) is 12.5 Å². The summed E-state index contributed by atoms with van der Waals surface area (Å²) in [5, 5.41) is 7.77. The Balaban J connectivity index is 1.36. The van der Waals surface area contributed by atoms with E-state index in [1.54, 1.807) is 24.5 Å². The summed E-state index contributed by atoms with van der Waals surface area (Å²) >= 11 is 0. The minimum absolute atomic E-state index is 0.0584. The van der Waals surface area contributed by atoms with E-state index in [4.69, 9.17) is 5.10 Å². The summed E-state index contributed by atoms with van der Waals surface area (Å²) in [7, 11) is 0. The highest BCUT2D eigenvalue weighted by atomic mass is 16.1. The predicted molar refractivity (Wildman–Crippen MR) is 111 cm³/mol. The zero-order valence-electron chi connectivity index (χ0n) is 15.8. The maximum absolute atomic E-state index is 12.4. The number of hydrogen-bond acceptors (Lipinski definition) is 5. The van der Waals surface area contributed by atoms with Crippen molar-refractivity contribution in [1.82, 2.24) is 24.9 Å². The van der Waals surface area contributed by atoms with Crippen LogP contribution in [-0.4, -0.2) is 44.6 Å². The molecule has 1 fully saturated rings. The monoisotopic (exact) mass is 384 g/mol. The molecule has 1 unspecified atom stereocenters. The number of aromatic nitrogens is 4. The average Bonchev–Trinajstić information content (AvgIpc) is 3.42. The van der Waals surface area contributed by atoms with Crippen LogP contribution >= 0.6 is 0 Å². The molecule has 1 amide bonds. The molecule has 1 saturated heterocycles. The van der Waals surface area contributed by atoms with Crippen LogP contribution in [0.4, 0.5) is 5.82 Å². The molecule has 3 aromatic heterocycles. The number of carbonyl (C=O) groups excluding carboxylic acids is 1. The molecule has 0 spiro atoms. The van der Waals surface area contributed by atoms with Crippen LogP contribution in [0.15, 0.2) is 73.2 Å². The zero-order chi connectivity index (χ0) is 19.6. The largest absolute Gasteiger partial charge is 0.353 e. The first-order valence-electron chi connectivity index (χ1n) is 9.64. The summed E-state index contributed by atoms with van der Waals surface area (Å²) < 4.78 is 1.87. The maximum Gasteiger partial charge on any atom is 0.270 e. The standard InChI is InChI=1S/C22H20N6O/c29-22(18-8-4-5-10-23-18)25-17-9-12-27(15-17)21-20-14-19(16-6-2-1-3-7-16)26-28(20)13-11-24-21/h1-8,10-11,13-14,17H,9,12,15H2,(H,25,29). The van der Waals surface area contributed by atoms with Gasteiger partial charge in [0.2, 0.25) is 0 Å². The second-order valence-electron chi connectivity index (χ2n) is 7.10. The number of benzene rings is 1. The Morgan fingerprint density at radius 2 is 1.90 bits per heavy atom. The number of hydrogen-bond donors (Lipinski definition) is 1. The van der Waals surface area contributed by atoms with Crippen LogP contribution in [0.1, 0.15) is 16.9 Å². The van der Waals surface area contributed by atoms with Gasteiger partial charge in [0, 0.05) is 43.3 Å². The molecule has 1 N–H and O–H groups in total. The second kappa shape index (κ2) is 7.35. The highest BCUT2D eigenvalue weighted by Crippen LogP contribution is 2.27. The number of amides is 1. The molecule has 1 aliphatic rings. The lowest BCUT2D eigenvalue weighted by atomic mass is 10.1. The Labute approximate surface area is 168 Å². The predicted octanol–water partition coefficient (Wildman–Crippen LogP) is 2.80. The van der Waals surface area contributed by atoms with E-state index in [-0.39, 0.29) is 11.9 Å². The number of pyridine rings is 1. The third-order valence-electron chi connectivity index (χ3n) is 5.16. The molecule has 0 saturated carbocycles. The summed E-state index contributed by atoms with van der Waals surface area (Å²) in [6.07, 6.45) is 6.12. The molecule has 29 heavy (non-hydrogen) atoms. The highest BCUT2D eigenvalue weighted by molar-refractivity contribution is 5.92. The van der Waals surface area contributed by atoms with Crippen LogP contribution in [0.25, 0.3) is 16.8 Å². The highest BCUT2D eigenvalue weighted by Gasteiger charge is 2.27. The molecule has 1 aliphatic heterocycles. The Hall–Kier alpha value is -3.74. The van der Waals surface area contributed by atoms with E-state index >= 15 is 0 Å². The van der Waals surface area contributed by atoms with Crippen molar-refractivity contribution in [1.29, 1.82) is 0 Å². The SMILES string of the molecule is O=C(NC1CCN(c2nccn3nc(-c4ccccc4)cc23)C1)c1ccccn1. The van der Waals surface area contributed by atoms with Crippen molar-refractivity contribution in [3.8, 4) is 11.3 Å². The van der Waals surface area contributed by atoms with Gasteiger partial charge in [-0.1, -0.05) is 36.4 Å². The number of anilines is 1. The van der Waals surface area contributed by atoms with Gasteiger partial charge >= 0.3 is 0 Å². The summed E-state index contributed by atoms with van der Waals surface area (Å²) in [6.45, 7) is 1.53. The lowest BCUT2D eigenvalue weighted by Crippen LogP contribution is -2.37. The first-order chi connectivity index (χ1) is 14.3. The lowest BCUT2D eigenvalue weighted by molar-refractivity contribution is 0.0935. The van der Waals surface area contributed by atoms with Crippen LogP contribution in [0.3, 0.4) is 0 Å². The van der Waals surface area contributed by atoms with Gasteiger partial charge in [0.15, 0.2) is 5.82 Å². The van der Waals surface area contributed by atoms with Crippen molar-refractivity contribution >= 4 is 17.2 Å². The molecule has 4 heterocycles. The van der Waals surface area contributed by atoms with Crippen LogP contribution in [0, 0.1) is 0 Å². The molecule has 7 heteroatoms. The second-order valence-corrected chi connectivity index (χ2v) is 7.10. The summed E-state index contributed by atoms with van der Waals surface area (Å²) in [4.78, 5) is 23.3. The van der Waals surface area contributed by atoms with Gasteiger partial charge in [-0.25, -0.2) is 9.50 Å². The fraction of sp³-hybridized carbons (Fsp3) is 0.182. The molecule has 0 radical (unpaired) electrons. The van der Waals surface area contributed by atoms with Gasteiger partial charge in [0.05, 0.1) is 5.69 Å². The number of carbonyl (C=O) groups is 1.